The van der Waals surface area contributed by atoms with Crippen molar-refractivity contribution in [2.75, 3.05) is 18.0 Å². The van der Waals surface area contributed by atoms with Crippen molar-refractivity contribution >= 4 is 17.3 Å². The summed E-state index contributed by atoms with van der Waals surface area (Å²) < 4.78 is 30.0. The van der Waals surface area contributed by atoms with Gasteiger partial charge in [0.1, 0.15) is 0 Å². The zero-order valence-electron chi connectivity index (χ0n) is 19.0. The first-order valence-corrected chi connectivity index (χ1v) is 11.5. The third-order valence-electron chi connectivity index (χ3n) is 6.83. The van der Waals surface area contributed by atoms with Gasteiger partial charge in [0.2, 0.25) is 5.91 Å². The van der Waals surface area contributed by atoms with Crippen molar-refractivity contribution in [3.05, 3.63) is 65.0 Å². The molecule has 7 heteroatoms. The van der Waals surface area contributed by atoms with E-state index >= 15 is 0 Å². The van der Waals surface area contributed by atoms with Crippen LogP contribution in [0.25, 0.3) is 11.1 Å². The summed E-state index contributed by atoms with van der Waals surface area (Å²) in [6.45, 7) is 3.67. The summed E-state index contributed by atoms with van der Waals surface area (Å²) in [6, 6.07) is 9.83. The molecular formula is C26H28F2N4O. The van der Waals surface area contributed by atoms with Gasteiger partial charge in [-0.25, -0.2) is 8.78 Å². The Labute approximate surface area is 192 Å². The molecule has 0 saturated heterocycles. The molecule has 0 unspecified atom stereocenters. The van der Waals surface area contributed by atoms with Crippen LogP contribution in [0, 0.1) is 0 Å². The van der Waals surface area contributed by atoms with Crippen LogP contribution >= 0.6 is 0 Å². The van der Waals surface area contributed by atoms with Crippen LogP contribution in [0.2, 0.25) is 0 Å². The van der Waals surface area contributed by atoms with Crippen LogP contribution in [0.5, 0.6) is 0 Å². The van der Waals surface area contributed by atoms with E-state index in [1.165, 1.54) is 5.56 Å². The molecule has 3 aromatic rings. The van der Waals surface area contributed by atoms with E-state index < -0.39 is 6.43 Å². The summed E-state index contributed by atoms with van der Waals surface area (Å²) >= 11 is 0. The van der Waals surface area contributed by atoms with Gasteiger partial charge >= 0.3 is 0 Å². The van der Waals surface area contributed by atoms with Crippen LogP contribution in [-0.2, 0) is 31.2 Å². The molecule has 5 nitrogen and oxygen atoms in total. The molecule has 1 amide bonds. The largest absolute Gasteiger partial charge is 0.341 e. The monoisotopic (exact) mass is 450 g/mol. The Morgan fingerprint density at radius 1 is 1.06 bits per heavy atom. The Balaban J connectivity index is 1.63. The number of carbonyl (C=O) groups excluding carboxylic acids is 1. The van der Waals surface area contributed by atoms with Crippen molar-refractivity contribution in [2.24, 2.45) is 7.05 Å². The standard InChI is InChI=1S/C26H28F2N4O/c1-17(33)31-10-4-7-18-6-3-9-24(23(18)16-31)32-11-5-8-19-12-21(20-14-29-30(2)15-20)22(26(27)28)13-25(19)32/h3,6,9,12-15,26H,4-5,7-8,10-11,16H2,1-2H3. The first-order chi connectivity index (χ1) is 15.9. The second-order valence-electron chi connectivity index (χ2n) is 8.99. The van der Waals surface area contributed by atoms with Crippen molar-refractivity contribution in [3.63, 3.8) is 0 Å². The predicted octanol–water partition coefficient (Wildman–Crippen LogP) is 5.40. The van der Waals surface area contributed by atoms with Gasteiger partial charge in [-0.1, -0.05) is 12.1 Å². The molecule has 1 aromatic heterocycles. The molecule has 2 aliphatic heterocycles. The van der Waals surface area contributed by atoms with Crippen molar-refractivity contribution in [2.45, 2.75) is 45.6 Å². The molecule has 0 spiro atoms. The van der Waals surface area contributed by atoms with E-state index in [0.29, 0.717) is 17.7 Å². The SMILES string of the molecule is CC(=O)N1CCCc2cccc(N3CCCc4cc(-c5cnn(C)c5)c(C(F)F)cc43)c2C1. The maximum Gasteiger partial charge on any atom is 0.264 e. The topological polar surface area (TPSA) is 41.4 Å². The molecule has 0 fully saturated rings. The van der Waals surface area contributed by atoms with Crippen molar-refractivity contribution < 1.29 is 13.6 Å². The lowest BCUT2D eigenvalue weighted by Crippen LogP contribution is -2.30. The van der Waals surface area contributed by atoms with E-state index in [0.717, 1.165) is 61.3 Å². The molecule has 33 heavy (non-hydrogen) atoms. The highest BCUT2D eigenvalue weighted by Crippen LogP contribution is 2.43. The minimum atomic E-state index is -2.59. The Kier molecular flexibility index (Phi) is 5.64. The third kappa shape index (κ3) is 4.01. The summed E-state index contributed by atoms with van der Waals surface area (Å²) in [7, 11) is 1.79. The van der Waals surface area contributed by atoms with Crippen molar-refractivity contribution in [1.29, 1.82) is 0 Å². The lowest BCUT2D eigenvalue weighted by molar-refractivity contribution is -0.129. The van der Waals surface area contributed by atoms with Gasteiger partial charge in [0, 0.05) is 62.3 Å². The van der Waals surface area contributed by atoms with E-state index in [-0.39, 0.29) is 11.5 Å². The number of rotatable bonds is 3. The number of fused-ring (bicyclic) bond motifs is 2. The second-order valence-corrected chi connectivity index (χ2v) is 8.99. The Morgan fingerprint density at radius 3 is 2.58 bits per heavy atom. The molecule has 2 aliphatic rings. The van der Waals surface area contributed by atoms with Crippen LogP contribution in [0.3, 0.4) is 0 Å². The highest BCUT2D eigenvalue weighted by molar-refractivity contribution is 5.79. The first-order valence-electron chi connectivity index (χ1n) is 11.5. The van der Waals surface area contributed by atoms with Gasteiger partial charge in [-0.3, -0.25) is 9.48 Å². The number of aromatic nitrogens is 2. The molecule has 0 bridgehead atoms. The molecule has 0 radical (unpaired) electrons. The summed E-state index contributed by atoms with van der Waals surface area (Å²) in [6.07, 6.45) is 4.45. The highest BCUT2D eigenvalue weighted by atomic mass is 19.3. The van der Waals surface area contributed by atoms with Crippen molar-refractivity contribution in [1.82, 2.24) is 14.7 Å². The van der Waals surface area contributed by atoms with E-state index in [2.05, 4.69) is 22.1 Å². The van der Waals surface area contributed by atoms with Crippen LogP contribution in [0.15, 0.2) is 42.7 Å². The fraction of sp³-hybridized carbons (Fsp3) is 0.385. The van der Waals surface area contributed by atoms with Crippen LogP contribution in [-0.4, -0.2) is 33.7 Å². The molecule has 172 valence electrons. The average molecular weight is 451 g/mol. The zero-order chi connectivity index (χ0) is 23.1. The van der Waals surface area contributed by atoms with Gasteiger partial charge in [-0.2, -0.15) is 5.10 Å². The molecule has 0 saturated carbocycles. The lowest BCUT2D eigenvalue weighted by atomic mass is 9.92. The highest BCUT2D eigenvalue weighted by Gasteiger charge is 2.27. The molecule has 5 rings (SSSR count). The normalized spacial score (nSPS) is 15.9. The molecular weight excluding hydrogens is 422 g/mol. The second kappa shape index (κ2) is 8.61. The van der Waals surface area contributed by atoms with Crippen LogP contribution in [0.1, 0.15) is 48.4 Å². The first kappa shape index (κ1) is 21.6. The minimum absolute atomic E-state index is 0.0287. The molecule has 3 heterocycles. The van der Waals surface area contributed by atoms with E-state index in [4.69, 9.17) is 0 Å². The number of nitrogens with zero attached hydrogens (tertiary/aromatic N) is 4. The summed E-state index contributed by atoms with van der Waals surface area (Å²) in [5.74, 6) is 0.0674. The van der Waals surface area contributed by atoms with E-state index in [9.17, 15) is 13.6 Å². The maximum atomic E-state index is 14.2. The fourth-order valence-electron chi connectivity index (χ4n) is 5.18. The number of hydrogen-bond donors (Lipinski definition) is 0. The summed E-state index contributed by atoms with van der Waals surface area (Å²) in [5.41, 5.74) is 6.59. The Hall–Kier alpha value is -3.22. The van der Waals surface area contributed by atoms with E-state index in [1.807, 2.05) is 17.0 Å². The quantitative estimate of drug-likeness (QED) is 0.536. The minimum Gasteiger partial charge on any atom is -0.341 e. The van der Waals surface area contributed by atoms with Gasteiger partial charge in [0.15, 0.2) is 0 Å². The number of amides is 1. The zero-order valence-corrected chi connectivity index (χ0v) is 19.0. The van der Waals surface area contributed by atoms with Gasteiger partial charge in [0.25, 0.3) is 6.43 Å². The van der Waals surface area contributed by atoms with E-state index in [1.54, 1.807) is 37.1 Å². The number of halogens is 2. The van der Waals surface area contributed by atoms with Gasteiger partial charge in [0.05, 0.1) is 6.20 Å². The Bertz CT molecular complexity index is 1200. The maximum absolute atomic E-state index is 14.2. The van der Waals surface area contributed by atoms with Gasteiger partial charge < -0.3 is 9.80 Å². The average Bonchev–Trinajstić information content (AvgIpc) is 3.10. The smallest absolute Gasteiger partial charge is 0.264 e. The van der Waals surface area contributed by atoms with Crippen LogP contribution < -0.4 is 4.90 Å². The van der Waals surface area contributed by atoms with Gasteiger partial charge in [-0.05, 0) is 66.1 Å². The number of carbonyl (C=O) groups is 1. The third-order valence-corrected chi connectivity index (χ3v) is 6.83. The van der Waals surface area contributed by atoms with Crippen LogP contribution in [0.4, 0.5) is 20.2 Å². The fourth-order valence-corrected chi connectivity index (χ4v) is 5.18. The summed E-state index contributed by atoms with van der Waals surface area (Å²) in [5, 5.41) is 4.18. The number of alkyl halides is 2. The van der Waals surface area contributed by atoms with Crippen molar-refractivity contribution in [3.8, 4) is 11.1 Å². The predicted molar refractivity (Wildman–Crippen MR) is 125 cm³/mol. The number of anilines is 2. The molecule has 0 N–H and O–H groups in total. The number of benzene rings is 2. The molecule has 2 aromatic carbocycles. The lowest BCUT2D eigenvalue weighted by Gasteiger charge is -2.35. The number of aryl methyl sites for hydroxylation is 3. The Morgan fingerprint density at radius 2 is 1.85 bits per heavy atom. The summed E-state index contributed by atoms with van der Waals surface area (Å²) in [4.78, 5) is 16.2. The number of hydrogen-bond acceptors (Lipinski definition) is 3. The molecule has 0 aliphatic carbocycles. The van der Waals surface area contributed by atoms with Gasteiger partial charge in [-0.15, -0.1) is 0 Å². The molecule has 0 atom stereocenters.